The molecule has 2 unspecified atom stereocenters. The third kappa shape index (κ3) is 2.03. The fourth-order valence-electron chi connectivity index (χ4n) is 3.08. The molecule has 2 heterocycles. The number of aliphatic hydroxyl groups excluding tert-OH is 1. The number of benzene rings is 1. The van der Waals surface area contributed by atoms with Gasteiger partial charge in [-0.15, -0.1) is 11.3 Å². The molecule has 1 aromatic carbocycles. The number of fused-ring (bicyclic) bond motifs is 2. The Labute approximate surface area is 122 Å². The molecule has 20 heavy (non-hydrogen) atoms. The maximum atomic E-state index is 10.1. The van der Waals surface area contributed by atoms with Gasteiger partial charge in [-0.2, -0.15) is 0 Å². The minimum absolute atomic E-state index is 0.304. The number of aromatic nitrogens is 1. The summed E-state index contributed by atoms with van der Waals surface area (Å²) >= 11 is 1.68. The van der Waals surface area contributed by atoms with E-state index >= 15 is 0 Å². The predicted molar refractivity (Wildman–Crippen MR) is 78.4 cm³/mol. The summed E-state index contributed by atoms with van der Waals surface area (Å²) in [6.45, 7) is 0.694. The van der Waals surface area contributed by atoms with E-state index in [9.17, 15) is 5.11 Å². The molecular weight excluding hydrogens is 270 g/mol. The lowest BCUT2D eigenvalue weighted by Gasteiger charge is -2.23. The van der Waals surface area contributed by atoms with Crippen molar-refractivity contribution in [2.45, 2.75) is 37.7 Å². The van der Waals surface area contributed by atoms with Gasteiger partial charge in [-0.05, 0) is 37.3 Å². The predicted octanol–water partition coefficient (Wildman–Crippen LogP) is 3.23. The molecule has 0 spiro atoms. The highest BCUT2D eigenvalue weighted by Gasteiger charge is 2.28. The Bertz CT molecular complexity index is 637. The Balaban J connectivity index is 1.63. The Morgan fingerprint density at radius 1 is 1.30 bits per heavy atom. The summed E-state index contributed by atoms with van der Waals surface area (Å²) in [5.74, 6) is 1.33. The van der Waals surface area contributed by atoms with Crippen LogP contribution in [0.3, 0.4) is 0 Å². The standard InChI is InChI=1S/C16H17NO2S/c18-13-6-3-5-12-15(13)20-16(17-12)11-8-10-4-1-2-7-14(10)19-9-11/h1-2,4,7,11,13,18H,3,5-6,8-9H2. The average Bonchev–Trinajstić information content (AvgIpc) is 2.92. The number of para-hydroxylation sites is 1. The van der Waals surface area contributed by atoms with Crippen molar-refractivity contribution in [3.05, 3.63) is 45.4 Å². The Hall–Kier alpha value is -1.39. The first-order chi connectivity index (χ1) is 9.81. The van der Waals surface area contributed by atoms with E-state index in [1.165, 1.54) is 5.56 Å². The molecule has 3 nitrogen and oxygen atoms in total. The van der Waals surface area contributed by atoms with Crippen LogP contribution >= 0.6 is 11.3 Å². The van der Waals surface area contributed by atoms with Gasteiger partial charge in [-0.1, -0.05) is 18.2 Å². The van der Waals surface area contributed by atoms with Crippen LogP contribution in [0.2, 0.25) is 0 Å². The van der Waals surface area contributed by atoms with Crippen LogP contribution in [0.5, 0.6) is 5.75 Å². The third-order valence-electron chi connectivity index (χ3n) is 4.17. The maximum Gasteiger partial charge on any atom is 0.122 e. The van der Waals surface area contributed by atoms with Gasteiger partial charge >= 0.3 is 0 Å². The average molecular weight is 287 g/mol. The summed E-state index contributed by atoms with van der Waals surface area (Å²) in [7, 11) is 0. The Morgan fingerprint density at radius 2 is 2.20 bits per heavy atom. The first-order valence-electron chi connectivity index (χ1n) is 7.19. The zero-order valence-electron chi connectivity index (χ0n) is 11.2. The molecule has 2 aliphatic rings. The summed E-state index contributed by atoms with van der Waals surface area (Å²) in [4.78, 5) is 5.86. The molecule has 4 heteroatoms. The molecule has 4 rings (SSSR count). The Kier molecular flexibility index (Phi) is 3.00. The van der Waals surface area contributed by atoms with Crippen LogP contribution in [-0.2, 0) is 12.8 Å². The number of rotatable bonds is 1. The molecule has 0 amide bonds. The summed E-state index contributed by atoms with van der Waals surface area (Å²) in [5.41, 5.74) is 2.38. The van der Waals surface area contributed by atoms with E-state index < -0.39 is 0 Å². The van der Waals surface area contributed by atoms with Gasteiger partial charge in [0, 0.05) is 5.92 Å². The maximum absolute atomic E-state index is 10.1. The smallest absolute Gasteiger partial charge is 0.122 e. The quantitative estimate of drug-likeness (QED) is 0.875. The van der Waals surface area contributed by atoms with E-state index in [1.54, 1.807) is 11.3 Å². The number of aryl methyl sites for hydroxylation is 1. The second kappa shape index (κ2) is 4.86. The van der Waals surface area contributed by atoms with Crippen LogP contribution in [0.1, 0.15) is 46.0 Å². The first-order valence-corrected chi connectivity index (χ1v) is 8.01. The van der Waals surface area contributed by atoms with Crippen molar-refractivity contribution >= 4 is 11.3 Å². The van der Waals surface area contributed by atoms with E-state index in [-0.39, 0.29) is 6.10 Å². The number of hydrogen-bond donors (Lipinski definition) is 1. The summed E-state index contributed by atoms with van der Waals surface area (Å²) in [5, 5.41) is 11.2. The van der Waals surface area contributed by atoms with Gasteiger partial charge in [0.15, 0.2) is 0 Å². The number of nitrogens with zero attached hydrogens (tertiary/aromatic N) is 1. The normalized spacial score (nSPS) is 24.6. The SMILES string of the molecule is OC1CCCc2nc(C3COc4ccccc4C3)sc21. The molecule has 2 aromatic rings. The molecule has 1 aromatic heterocycles. The molecule has 1 N–H and O–H groups in total. The molecule has 0 saturated heterocycles. The van der Waals surface area contributed by atoms with Crippen molar-refractivity contribution in [2.75, 3.05) is 6.61 Å². The van der Waals surface area contributed by atoms with Gasteiger partial charge in [-0.25, -0.2) is 4.98 Å². The fourth-order valence-corrected chi connectivity index (χ4v) is 4.30. The topological polar surface area (TPSA) is 42.4 Å². The largest absolute Gasteiger partial charge is 0.493 e. The van der Waals surface area contributed by atoms with Gasteiger partial charge in [-0.3, -0.25) is 0 Å². The minimum Gasteiger partial charge on any atom is -0.493 e. The van der Waals surface area contributed by atoms with Crippen molar-refractivity contribution in [2.24, 2.45) is 0 Å². The summed E-state index contributed by atoms with van der Waals surface area (Å²) in [6.07, 6.45) is 3.60. The van der Waals surface area contributed by atoms with Gasteiger partial charge in [0.05, 0.1) is 28.3 Å². The number of thiazole rings is 1. The van der Waals surface area contributed by atoms with Gasteiger partial charge in [0.1, 0.15) is 5.75 Å². The molecule has 104 valence electrons. The van der Waals surface area contributed by atoms with E-state index in [2.05, 4.69) is 12.1 Å². The van der Waals surface area contributed by atoms with Gasteiger partial charge in [0.2, 0.25) is 0 Å². The second-order valence-electron chi connectivity index (χ2n) is 5.59. The molecule has 0 radical (unpaired) electrons. The van der Waals surface area contributed by atoms with Gasteiger partial charge < -0.3 is 9.84 Å². The number of aliphatic hydroxyl groups is 1. The highest BCUT2D eigenvalue weighted by atomic mass is 32.1. The summed E-state index contributed by atoms with van der Waals surface area (Å²) in [6, 6.07) is 8.23. The number of ether oxygens (including phenoxy) is 1. The minimum atomic E-state index is -0.304. The van der Waals surface area contributed by atoms with Crippen LogP contribution < -0.4 is 4.74 Å². The van der Waals surface area contributed by atoms with Crippen LogP contribution in [0.25, 0.3) is 0 Å². The Morgan fingerprint density at radius 3 is 3.10 bits per heavy atom. The highest BCUT2D eigenvalue weighted by Crippen LogP contribution is 2.39. The van der Waals surface area contributed by atoms with Crippen LogP contribution in [0.4, 0.5) is 0 Å². The van der Waals surface area contributed by atoms with E-state index in [1.807, 2.05) is 12.1 Å². The first kappa shape index (κ1) is 12.4. The van der Waals surface area contributed by atoms with Crippen LogP contribution in [-0.4, -0.2) is 16.7 Å². The second-order valence-corrected chi connectivity index (χ2v) is 6.65. The fraction of sp³-hybridized carbons (Fsp3) is 0.438. The van der Waals surface area contributed by atoms with Crippen molar-refractivity contribution in [3.63, 3.8) is 0 Å². The van der Waals surface area contributed by atoms with Crippen molar-refractivity contribution in [3.8, 4) is 5.75 Å². The zero-order valence-corrected chi connectivity index (χ0v) is 12.0. The molecule has 0 fully saturated rings. The highest BCUT2D eigenvalue weighted by molar-refractivity contribution is 7.11. The number of hydrogen-bond acceptors (Lipinski definition) is 4. The van der Waals surface area contributed by atoms with Crippen molar-refractivity contribution in [1.29, 1.82) is 0 Å². The lowest BCUT2D eigenvalue weighted by Crippen LogP contribution is -2.19. The molecule has 0 bridgehead atoms. The lowest BCUT2D eigenvalue weighted by molar-refractivity contribution is 0.160. The van der Waals surface area contributed by atoms with Crippen molar-refractivity contribution in [1.82, 2.24) is 4.98 Å². The lowest BCUT2D eigenvalue weighted by atomic mass is 9.97. The van der Waals surface area contributed by atoms with E-state index in [0.717, 1.165) is 47.0 Å². The summed E-state index contributed by atoms with van der Waals surface area (Å²) < 4.78 is 5.85. The molecule has 1 aliphatic heterocycles. The van der Waals surface area contributed by atoms with E-state index in [0.29, 0.717) is 12.5 Å². The third-order valence-corrected chi connectivity index (χ3v) is 5.53. The van der Waals surface area contributed by atoms with Crippen molar-refractivity contribution < 1.29 is 9.84 Å². The molecular formula is C16H17NO2S. The zero-order chi connectivity index (χ0) is 13.5. The molecule has 0 saturated carbocycles. The van der Waals surface area contributed by atoms with E-state index in [4.69, 9.17) is 9.72 Å². The van der Waals surface area contributed by atoms with Gasteiger partial charge in [0.25, 0.3) is 0 Å². The molecule has 1 aliphatic carbocycles. The monoisotopic (exact) mass is 287 g/mol. The van der Waals surface area contributed by atoms with Crippen LogP contribution in [0, 0.1) is 0 Å². The van der Waals surface area contributed by atoms with Crippen LogP contribution in [0.15, 0.2) is 24.3 Å². The molecule has 2 atom stereocenters.